The van der Waals surface area contributed by atoms with Gasteiger partial charge < -0.3 is 0 Å². The molecule has 28 heavy (non-hydrogen) atoms. The van der Waals surface area contributed by atoms with E-state index < -0.39 is 0 Å². The standard InChI is InChI=1S/C21H20N4OS2/c1-4-16-11-17-19(28-16)23-18-14(5-7-24(18)20(17)26)10-15-9-12(2)25(13(15)3)21-22-6-8-27-21/h6,8-11H,4-5,7H2,1-3H3/b14-10+. The molecule has 4 aromatic heterocycles. The average Bonchev–Trinajstić information content (AvgIpc) is 3.44. The summed E-state index contributed by atoms with van der Waals surface area (Å²) in [6.45, 7) is 7.03. The minimum atomic E-state index is 0.0904. The predicted molar refractivity (Wildman–Crippen MR) is 117 cm³/mol. The molecule has 0 aromatic carbocycles. The number of nitrogens with zero attached hydrogens (tertiary/aromatic N) is 4. The lowest BCUT2D eigenvalue weighted by Crippen LogP contribution is -2.19. The molecule has 1 aliphatic heterocycles. The van der Waals surface area contributed by atoms with Crippen LogP contribution < -0.4 is 5.56 Å². The Morgan fingerprint density at radius 2 is 2.14 bits per heavy atom. The fraction of sp³-hybridized carbons (Fsp3) is 0.286. The molecule has 0 N–H and O–H groups in total. The number of rotatable bonds is 3. The molecule has 0 saturated carbocycles. The minimum Gasteiger partial charge on any atom is -0.294 e. The van der Waals surface area contributed by atoms with E-state index in [1.165, 1.54) is 4.88 Å². The van der Waals surface area contributed by atoms with Gasteiger partial charge in [-0.15, -0.1) is 22.7 Å². The molecule has 0 amide bonds. The van der Waals surface area contributed by atoms with Crippen molar-refractivity contribution in [2.24, 2.45) is 0 Å². The first-order valence-corrected chi connectivity index (χ1v) is 11.1. The Kier molecular flexibility index (Phi) is 4.10. The second-order valence-electron chi connectivity index (χ2n) is 7.07. The van der Waals surface area contributed by atoms with E-state index in [0.29, 0.717) is 6.54 Å². The molecular weight excluding hydrogens is 388 g/mol. The van der Waals surface area contributed by atoms with E-state index in [1.54, 1.807) is 22.7 Å². The van der Waals surface area contributed by atoms with Crippen molar-refractivity contribution in [1.29, 1.82) is 0 Å². The largest absolute Gasteiger partial charge is 0.294 e. The van der Waals surface area contributed by atoms with E-state index in [0.717, 1.165) is 56.5 Å². The van der Waals surface area contributed by atoms with Crippen LogP contribution in [0, 0.1) is 13.8 Å². The fourth-order valence-corrected chi connectivity index (χ4v) is 5.62. The van der Waals surface area contributed by atoms with Crippen LogP contribution in [0.5, 0.6) is 0 Å². The molecule has 0 radical (unpaired) electrons. The zero-order valence-electron chi connectivity index (χ0n) is 16.0. The van der Waals surface area contributed by atoms with Gasteiger partial charge in [0, 0.05) is 34.4 Å². The number of aryl methyl sites for hydroxylation is 2. The summed E-state index contributed by atoms with van der Waals surface area (Å²) < 4.78 is 4.02. The molecule has 142 valence electrons. The summed E-state index contributed by atoms with van der Waals surface area (Å²) >= 11 is 3.26. The highest BCUT2D eigenvalue weighted by Crippen LogP contribution is 2.32. The summed E-state index contributed by atoms with van der Waals surface area (Å²) in [6.07, 6.45) is 5.79. The van der Waals surface area contributed by atoms with E-state index in [-0.39, 0.29) is 5.56 Å². The molecule has 5 heterocycles. The second kappa shape index (κ2) is 6.53. The van der Waals surface area contributed by atoms with Crippen LogP contribution in [0.1, 0.15) is 41.0 Å². The first-order valence-electron chi connectivity index (χ1n) is 9.40. The topological polar surface area (TPSA) is 52.7 Å². The molecule has 0 spiro atoms. The average molecular weight is 409 g/mol. The highest BCUT2D eigenvalue weighted by molar-refractivity contribution is 7.18. The first-order chi connectivity index (χ1) is 13.6. The Hall–Kier alpha value is -2.51. The van der Waals surface area contributed by atoms with E-state index in [9.17, 15) is 4.79 Å². The zero-order chi connectivity index (χ0) is 19.4. The molecule has 5 rings (SSSR count). The summed E-state index contributed by atoms with van der Waals surface area (Å²) in [4.78, 5) is 24.3. The molecule has 4 aromatic rings. The fourth-order valence-electron chi connectivity index (χ4n) is 3.92. The molecule has 0 atom stereocenters. The summed E-state index contributed by atoms with van der Waals surface area (Å²) in [7, 11) is 0. The van der Waals surface area contributed by atoms with Crippen LogP contribution in [0.3, 0.4) is 0 Å². The van der Waals surface area contributed by atoms with Crippen molar-refractivity contribution in [2.75, 3.05) is 0 Å². The van der Waals surface area contributed by atoms with Gasteiger partial charge >= 0.3 is 0 Å². The summed E-state index contributed by atoms with van der Waals surface area (Å²) in [5, 5.41) is 3.73. The maximum atomic E-state index is 12.9. The van der Waals surface area contributed by atoms with Crippen LogP contribution in [-0.4, -0.2) is 19.1 Å². The normalized spacial score (nSPS) is 15.0. The van der Waals surface area contributed by atoms with Gasteiger partial charge in [-0.1, -0.05) is 6.92 Å². The highest BCUT2D eigenvalue weighted by Gasteiger charge is 2.23. The van der Waals surface area contributed by atoms with Crippen LogP contribution >= 0.6 is 22.7 Å². The Morgan fingerprint density at radius 1 is 1.29 bits per heavy atom. The van der Waals surface area contributed by atoms with Gasteiger partial charge in [-0.05, 0) is 56.0 Å². The van der Waals surface area contributed by atoms with Gasteiger partial charge in [0.05, 0.1) is 5.39 Å². The molecule has 0 saturated heterocycles. The molecule has 5 nitrogen and oxygen atoms in total. The van der Waals surface area contributed by atoms with Crippen LogP contribution in [0.2, 0.25) is 0 Å². The Balaban J connectivity index is 1.64. The van der Waals surface area contributed by atoms with Crippen molar-refractivity contribution in [3.63, 3.8) is 0 Å². The third kappa shape index (κ3) is 2.61. The number of allylic oxidation sites excluding steroid dienone is 1. The molecule has 0 fully saturated rings. The Morgan fingerprint density at radius 3 is 2.89 bits per heavy atom. The summed E-state index contributed by atoms with van der Waals surface area (Å²) in [6, 6.07) is 4.19. The zero-order valence-corrected chi connectivity index (χ0v) is 17.7. The van der Waals surface area contributed by atoms with Gasteiger partial charge in [-0.25, -0.2) is 9.97 Å². The van der Waals surface area contributed by atoms with Gasteiger partial charge in [0.2, 0.25) is 0 Å². The summed E-state index contributed by atoms with van der Waals surface area (Å²) in [5.41, 5.74) is 4.69. The lowest BCUT2D eigenvalue weighted by Gasteiger charge is -2.05. The smallest absolute Gasteiger partial charge is 0.262 e. The van der Waals surface area contributed by atoms with Crippen LogP contribution in [0.15, 0.2) is 28.5 Å². The number of aromatic nitrogens is 4. The SMILES string of the molecule is CCc1cc2c(=O)n3c(nc2s1)/C(=C/c1cc(C)n(-c2nccs2)c1C)CC3. The van der Waals surface area contributed by atoms with E-state index in [1.807, 2.05) is 22.2 Å². The molecule has 1 aliphatic rings. The van der Waals surface area contributed by atoms with Gasteiger partial charge in [-0.3, -0.25) is 13.9 Å². The van der Waals surface area contributed by atoms with E-state index >= 15 is 0 Å². The van der Waals surface area contributed by atoms with E-state index in [4.69, 9.17) is 4.98 Å². The maximum absolute atomic E-state index is 12.9. The number of hydrogen-bond acceptors (Lipinski definition) is 5. The molecule has 0 bridgehead atoms. The van der Waals surface area contributed by atoms with Crippen molar-refractivity contribution in [3.05, 3.63) is 61.7 Å². The van der Waals surface area contributed by atoms with Crippen LogP contribution in [-0.2, 0) is 13.0 Å². The number of fused-ring (bicyclic) bond motifs is 2. The van der Waals surface area contributed by atoms with Crippen molar-refractivity contribution >= 4 is 44.5 Å². The van der Waals surface area contributed by atoms with Gasteiger partial charge in [0.15, 0.2) is 5.13 Å². The van der Waals surface area contributed by atoms with Gasteiger partial charge in [-0.2, -0.15) is 0 Å². The number of thiophene rings is 1. The minimum absolute atomic E-state index is 0.0904. The monoisotopic (exact) mass is 408 g/mol. The predicted octanol–water partition coefficient (Wildman–Crippen LogP) is 4.83. The second-order valence-corrected chi connectivity index (χ2v) is 9.06. The van der Waals surface area contributed by atoms with Crippen molar-refractivity contribution in [2.45, 2.75) is 40.2 Å². The Bertz CT molecular complexity index is 1290. The van der Waals surface area contributed by atoms with Crippen LogP contribution in [0.4, 0.5) is 0 Å². The maximum Gasteiger partial charge on any atom is 0.262 e. The number of thiazole rings is 1. The van der Waals surface area contributed by atoms with E-state index in [2.05, 4.69) is 42.5 Å². The van der Waals surface area contributed by atoms with Gasteiger partial charge in [0.25, 0.3) is 5.56 Å². The number of hydrogen-bond donors (Lipinski definition) is 0. The lowest BCUT2D eigenvalue weighted by atomic mass is 10.1. The highest BCUT2D eigenvalue weighted by atomic mass is 32.1. The third-order valence-corrected chi connectivity index (χ3v) is 7.28. The van der Waals surface area contributed by atoms with Crippen molar-refractivity contribution in [1.82, 2.24) is 19.1 Å². The molecule has 7 heteroatoms. The summed E-state index contributed by atoms with van der Waals surface area (Å²) in [5.74, 6) is 0.820. The molecule has 0 aliphatic carbocycles. The molecule has 0 unspecified atom stereocenters. The molecular formula is C21H20N4OS2. The van der Waals surface area contributed by atoms with Gasteiger partial charge in [0.1, 0.15) is 10.7 Å². The third-order valence-electron chi connectivity index (χ3n) is 5.35. The van der Waals surface area contributed by atoms with Crippen molar-refractivity contribution in [3.8, 4) is 5.13 Å². The first kappa shape index (κ1) is 17.6. The van der Waals surface area contributed by atoms with Crippen LogP contribution in [0.25, 0.3) is 27.0 Å². The Labute approximate surface area is 170 Å². The quantitative estimate of drug-likeness (QED) is 0.488. The van der Waals surface area contributed by atoms with Crippen molar-refractivity contribution < 1.29 is 0 Å². The lowest BCUT2D eigenvalue weighted by molar-refractivity contribution is 0.726.